The zero-order valence-electron chi connectivity index (χ0n) is 9.80. The zero-order valence-corrected chi connectivity index (χ0v) is 9.80. The number of esters is 1. The molecule has 1 aliphatic rings. The number of carbonyl (C=O) groups is 2. The molecule has 0 aliphatic carbocycles. The van der Waals surface area contributed by atoms with Crippen LogP contribution in [0.4, 0.5) is 0 Å². The van der Waals surface area contributed by atoms with Crippen molar-refractivity contribution in [2.75, 3.05) is 7.11 Å². The van der Waals surface area contributed by atoms with Crippen molar-refractivity contribution in [1.29, 1.82) is 0 Å². The Balaban J connectivity index is 2.19. The summed E-state index contributed by atoms with van der Waals surface area (Å²) in [4.78, 5) is 22.7. The molecule has 1 aliphatic heterocycles. The molecule has 90 valence electrons. The molecule has 2 unspecified atom stereocenters. The first-order chi connectivity index (χ1) is 8.11. The highest BCUT2D eigenvalue weighted by molar-refractivity contribution is 5.98. The number of hydrogen-bond acceptors (Lipinski definition) is 4. The summed E-state index contributed by atoms with van der Waals surface area (Å²) < 4.78 is 10.3. The highest BCUT2D eigenvalue weighted by Crippen LogP contribution is 2.34. The lowest BCUT2D eigenvalue weighted by atomic mass is 9.97. The van der Waals surface area contributed by atoms with Crippen molar-refractivity contribution < 1.29 is 19.1 Å². The van der Waals surface area contributed by atoms with Crippen LogP contribution in [0.2, 0.25) is 0 Å². The van der Waals surface area contributed by atoms with Crippen LogP contribution in [0.15, 0.2) is 24.3 Å². The van der Waals surface area contributed by atoms with Gasteiger partial charge >= 0.3 is 5.97 Å². The van der Waals surface area contributed by atoms with Crippen LogP contribution in [0.5, 0.6) is 5.75 Å². The Bertz CT molecular complexity index is 452. The molecular weight excluding hydrogens is 220 g/mol. The van der Waals surface area contributed by atoms with E-state index in [9.17, 15) is 9.59 Å². The summed E-state index contributed by atoms with van der Waals surface area (Å²) in [5.41, 5.74) is 0.862. The molecule has 1 saturated heterocycles. The molecule has 0 spiro atoms. The van der Waals surface area contributed by atoms with Gasteiger partial charge in [-0.05, 0) is 24.6 Å². The fourth-order valence-electron chi connectivity index (χ4n) is 1.96. The van der Waals surface area contributed by atoms with Gasteiger partial charge in [-0.2, -0.15) is 0 Å². The largest absolute Gasteiger partial charge is 0.497 e. The minimum atomic E-state index is -0.619. The minimum absolute atomic E-state index is 0.139. The molecule has 0 aromatic heterocycles. The Labute approximate surface area is 99.5 Å². The van der Waals surface area contributed by atoms with E-state index in [0.29, 0.717) is 12.2 Å². The Morgan fingerprint density at radius 3 is 2.82 bits per heavy atom. The number of Topliss-reactive ketones (excluding diaryl/α,β-unsaturated/α-hetero) is 1. The van der Waals surface area contributed by atoms with E-state index in [4.69, 9.17) is 9.47 Å². The standard InChI is InChI=1S/C13H14O4/c1-8(14)11-7-12(17-13(11)15)9-4-3-5-10(6-9)16-2/h3-6,11-12H,7H2,1-2H3. The molecule has 0 radical (unpaired) electrons. The quantitative estimate of drug-likeness (QED) is 0.592. The van der Waals surface area contributed by atoms with Gasteiger partial charge in [-0.1, -0.05) is 12.1 Å². The number of cyclic esters (lactones) is 1. The Hall–Kier alpha value is -1.84. The number of ether oxygens (including phenoxy) is 2. The van der Waals surface area contributed by atoms with Crippen LogP contribution in [0.1, 0.15) is 25.0 Å². The molecular formula is C13H14O4. The summed E-state index contributed by atoms with van der Waals surface area (Å²) in [5, 5.41) is 0. The first kappa shape index (κ1) is 11.6. The summed E-state index contributed by atoms with van der Waals surface area (Å²) in [5.74, 6) is -0.471. The van der Waals surface area contributed by atoms with Crippen molar-refractivity contribution in [2.45, 2.75) is 19.4 Å². The second kappa shape index (κ2) is 4.57. The lowest BCUT2D eigenvalue weighted by molar-refractivity contribution is -0.146. The fourth-order valence-corrected chi connectivity index (χ4v) is 1.96. The summed E-state index contributed by atoms with van der Waals surface area (Å²) >= 11 is 0. The fraction of sp³-hybridized carbons (Fsp3) is 0.385. The van der Waals surface area contributed by atoms with E-state index in [-0.39, 0.29) is 11.9 Å². The van der Waals surface area contributed by atoms with Crippen molar-refractivity contribution in [1.82, 2.24) is 0 Å². The van der Waals surface area contributed by atoms with Crippen LogP contribution in [-0.4, -0.2) is 18.9 Å². The molecule has 1 aromatic rings. The third-order valence-electron chi connectivity index (χ3n) is 2.95. The third kappa shape index (κ3) is 2.30. The van der Waals surface area contributed by atoms with Crippen molar-refractivity contribution in [3.8, 4) is 5.75 Å². The number of hydrogen-bond donors (Lipinski definition) is 0. The van der Waals surface area contributed by atoms with E-state index in [1.54, 1.807) is 7.11 Å². The van der Waals surface area contributed by atoms with Crippen LogP contribution >= 0.6 is 0 Å². The molecule has 0 amide bonds. The Kier molecular flexibility index (Phi) is 3.13. The molecule has 1 aromatic carbocycles. The van der Waals surface area contributed by atoms with Crippen molar-refractivity contribution in [3.63, 3.8) is 0 Å². The number of carbonyl (C=O) groups excluding carboxylic acids is 2. The predicted octanol–water partition coefficient (Wildman–Crippen LogP) is 1.89. The lowest BCUT2D eigenvalue weighted by Gasteiger charge is -2.10. The average Bonchev–Trinajstić information content (AvgIpc) is 2.71. The average molecular weight is 234 g/mol. The SMILES string of the molecule is COc1cccc(C2CC(C(C)=O)C(=O)O2)c1. The molecule has 2 atom stereocenters. The molecule has 2 rings (SSSR count). The van der Waals surface area contributed by atoms with Gasteiger partial charge in [-0.25, -0.2) is 0 Å². The summed E-state index contributed by atoms with van der Waals surface area (Å²) in [6.07, 6.45) is 0.0768. The Morgan fingerprint density at radius 2 is 2.24 bits per heavy atom. The van der Waals surface area contributed by atoms with Gasteiger partial charge in [-0.3, -0.25) is 9.59 Å². The van der Waals surface area contributed by atoms with Crippen LogP contribution in [0.3, 0.4) is 0 Å². The topological polar surface area (TPSA) is 52.6 Å². The molecule has 4 heteroatoms. The maximum absolute atomic E-state index is 11.5. The molecule has 0 saturated carbocycles. The maximum atomic E-state index is 11.5. The number of methoxy groups -OCH3 is 1. The van der Waals surface area contributed by atoms with Crippen molar-refractivity contribution in [2.24, 2.45) is 5.92 Å². The van der Waals surface area contributed by atoms with Gasteiger partial charge in [-0.15, -0.1) is 0 Å². The summed E-state index contributed by atoms with van der Waals surface area (Å²) in [6.45, 7) is 1.42. The normalized spacial score (nSPS) is 23.3. The van der Waals surface area contributed by atoms with Gasteiger partial charge in [0.25, 0.3) is 0 Å². The first-order valence-electron chi connectivity index (χ1n) is 5.46. The number of ketones is 1. The van der Waals surface area contributed by atoms with Crippen molar-refractivity contribution >= 4 is 11.8 Å². The summed E-state index contributed by atoms with van der Waals surface area (Å²) in [7, 11) is 1.58. The lowest BCUT2D eigenvalue weighted by Crippen LogP contribution is -2.15. The highest BCUT2D eigenvalue weighted by atomic mass is 16.6. The summed E-state index contributed by atoms with van der Waals surface area (Å²) in [6, 6.07) is 7.34. The second-order valence-electron chi connectivity index (χ2n) is 4.10. The van der Waals surface area contributed by atoms with E-state index in [2.05, 4.69) is 0 Å². The Morgan fingerprint density at radius 1 is 1.47 bits per heavy atom. The monoisotopic (exact) mass is 234 g/mol. The van der Waals surface area contributed by atoms with Gasteiger partial charge < -0.3 is 9.47 Å². The number of benzene rings is 1. The second-order valence-corrected chi connectivity index (χ2v) is 4.10. The van der Waals surface area contributed by atoms with Gasteiger partial charge in [0, 0.05) is 6.42 Å². The van der Waals surface area contributed by atoms with E-state index in [1.807, 2.05) is 24.3 Å². The maximum Gasteiger partial charge on any atom is 0.317 e. The van der Waals surface area contributed by atoms with E-state index >= 15 is 0 Å². The third-order valence-corrected chi connectivity index (χ3v) is 2.95. The minimum Gasteiger partial charge on any atom is -0.497 e. The zero-order chi connectivity index (χ0) is 12.4. The smallest absolute Gasteiger partial charge is 0.317 e. The van der Waals surface area contributed by atoms with Gasteiger partial charge in [0.1, 0.15) is 23.6 Å². The van der Waals surface area contributed by atoms with Crippen LogP contribution in [0.25, 0.3) is 0 Å². The van der Waals surface area contributed by atoms with Gasteiger partial charge in [0.15, 0.2) is 0 Å². The molecule has 1 heterocycles. The molecule has 4 nitrogen and oxygen atoms in total. The van der Waals surface area contributed by atoms with Gasteiger partial charge in [0.05, 0.1) is 7.11 Å². The predicted molar refractivity (Wildman–Crippen MR) is 60.6 cm³/mol. The first-order valence-corrected chi connectivity index (χ1v) is 5.46. The number of rotatable bonds is 3. The van der Waals surface area contributed by atoms with Crippen LogP contribution < -0.4 is 4.74 Å². The van der Waals surface area contributed by atoms with Gasteiger partial charge in [0.2, 0.25) is 0 Å². The molecule has 0 N–H and O–H groups in total. The van der Waals surface area contributed by atoms with E-state index < -0.39 is 11.9 Å². The van der Waals surface area contributed by atoms with E-state index in [1.165, 1.54) is 6.92 Å². The van der Waals surface area contributed by atoms with Crippen LogP contribution in [-0.2, 0) is 14.3 Å². The molecule has 0 bridgehead atoms. The highest BCUT2D eigenvalue weighted by Gasteiger charge is 2.38. The van der Waals surface area contributed by atoms with E-state index in [0.717, 1.165) is 5.56 Å². The van der Waals surface area contributed by atoms with Crippen LogP contribution in [0, 0.1) is 5.92 Å². The van der Waals surface area contributed by atoms with Crippen molar-refractivity contribution in [3.05, 3.63) is 29.8 Å². The molecule has 17 heavy (non-hydrogen) atoms. The molecule has 1 fully saturated rings.